The third-order valence-electron chi connectivity index (χ3n) is 2.97. The van der Waals surface area contributed by atoms with Gasteiger partial charge < -0.3 is 10.6 Å². The minimum Gasteiger partial charge on any atom is -0.384 e. The van der Waals surface area contributed by atoms with Crippen molar-refractivity contribution in [3.05, 3.63) is 65.2 Å². The zero-order valence-corrected chi connectivity index (χ0v) is 11.0. The molecule has 0 bridgehead atoms. The summed E-state index contributed by atoms with van der Waals surface area (Å²) in [4.78, 5) is 1.49. The average Bonchev–Trinajstić information content (AvgIpc) is 2.38. The first-order valence-corrected chi connectivity index (χ1v) is 6.07. The van der Waals surface area contributed by atoms with Gasteiger partial charge in [0.15, 0.2) is 0 Å². The Labute approximate surface area is 116 Å². The van der Waals surface area contributed by atoms with Crippen LogP contribution < -0.4 is 10.6 Å². The molecule has 104 valence electrons. The van der Waals surface area contributed by atoms with Crippen LogP contribution in [0.4, 0.5) is 14.5 Å². The van der Waals surface area contributed by atoms with E-state index in [1.54, 1.807) is 7.05 Å². The topological polar surface area (TPSA) is 53.1 Å². The summed E-state index contributed by atoms with van der Waals surface area (Å²) in [5.41, 5.74) is 6.10. The molecule has 2 aromatic carbocycles. The minimum absolute atomic E-state index is 0.0388. The van der Waals surface area contributed by atoms with Crippen LogP contribution in [0, 0.1) is 17.0 Å². The Morgan fingerprint density at radius 3 is 2.20 bits per heavy atom. The van der Waals surface area contributed by atoms with E-state index in [4.69, 9.17) is 11.1 Å². The number of hydrogen-bond donors (Lipinski definition) is 2. The molecule has 0 aromatic heterocycles. The minimum atomic E-state index is -0.728. The number of halogens is 2. The highest BCUT2D eigenvalue weighted by molar-refractivity contribution is 5.95. The van der Waals surface area contributed by atoms with Crippen molar-refractivity contribution >= 4 is 11.5 Å². The molecular formula is C15H15F2N3. The van der Waals surface area contributed by atoms with Crippen molar-refractivity contribution < 1.29 is 8.78 Å². The number of nitrogen functional groups attached to an aromatic ring is 1. The monoisotopic (exact) mass is 275 g/mol. The predicted octanol–water partition coefficient (Wildman–Crippen LogP) is 2.89. The highest BCUT2D eigenvalue weighted by atomic mass is 19.1. The SMILES string of the molecule is CN(Cc1ccccc1)c1c(F)cc(C(=N)N)cc1F. The average molecular weight is 275 g/mol. The molecule has 0 atom stereocenters. The maximum atomic E-state index is 14.0. The van der Waals surface area contributed by atoms with Gasteiger partial charge >= 0.3 is 0 Å². The summed E-state index contributed by atoms with van der Waals surface area (Å²) < 4.78 is 28.0. The smallest absolute Gasteiger partial charge is 0.150 e. The Kier molecular flexibility index (Phi) is 3.98. The highest BCUT2D eigenvalue weighted by Gasteiger charge is 2.16. The number of nitrogens with zero attached hydrogens (tertiary/aromatic N) is 1. The van der Waals surface area contributed by atoms with Gasteiger partial charge in [-0.1, -0.05) is 30.3 Å². The first kappa shape index (κ1) is 14.0. The largest absolute Gasteiger partial charge is 0.384 e. The van der Waals surface area contributed by atoms with Crippen LogP contribution in [0.2, 0.25) is 0 Å². The summed E-state index contributed by atoms with van der Waals surface area (Å²) in [6, 6.07) is 11.5. The van der Waals surface area contributed by atoms with Gasteiger partial charge in [0, 0.05) is 19.2 Å². The molecule has 2 aromatic rings. The molecule has 0 aliphatic heterocycles. The van der Waals surface area contributed by atoms with Gasteiger partial charge in [-0.25, -0.2) is 8.78 Å². The van der Waals surface area contributed by atoms with Gasteiger partial charge in [0.2, 0.25) is 0 Å². The van der Waals surface area contributed by atoms with E-state index in [9.17, 15) is 8.78 Å². The maximum Gasteiger partial charge on any atom is 0.150 e. The van der Waals surface area contributed by atoms with Crippen LogP contribution >= 0.6 is 0 Å². The van der Waals surface area contributed by atoms with Crippen LogP contribution in [0.1, 0.15) is 11.1 Å². The molecular weight excluding hydrogens is 260 g/mol. The number of rotatable bonds is 4. The van der Waals surface area contributed by atoms with E-state index in [2.05, 4.69) is 0 Å². The second-order valence-electron chi connectivity index (χ2n) is 4.54. The second-order valence-corrected chi connectivity index (χ2v) is 4.54. The lowest BCUT2D eigenvalue weighted by atomic mass is 10.1. The number of anilines is 1. The number of nitrogens with two attached hydrogens (primary N) is 1. The summed E-state index contributed by atoms with van der Waals surface area (Å²) in [6.07, 6.45) is 0. The Morgan fingerprint density at radius 2 is 1.70 bits per heavy atom. The third-order valence-corrected chi connectivity index (χ3v) is 2.97. The molecule has 0 radical (unpaired) electrons. The van der Waals surface area contributed by atoms with Crippen molar-refractivity contribution in [2.75, 3.05) is 11.9 Å². The van der Waals surface area contributed by atoms with Crippen LogP contribution in [0.15, 0.2) is 42.5 Å². The molecule has 0 unspecified atom stereocenters. The molecule has 0 heterocycles. The zero-order valence-electron chi connectivity index (χ0n) is 11.0. The van der Waals surface area contributed by atoms with E-state index in [-0.39, 0.29) is 17.1 Å². The molecule has 2 rings (SSSR count). The van der Waals surface area contributed by atoms with Crippen molar-refractivity contribution in [1.29, 1.82) is 5.41 Å². The fourth-order valence-electron chi connectivity index (χ4n) is 2.02. The summed E-state index contributed by atoms with van der Waals surface area (Å²) in [7, 11) is 1.61. The maximum absolute atomic E-state index is 14.0. The van der Waals surface area contributed by atoms with E-state index in [1.165, 1.54) is 4.90 Å². The normalized spacial score (nSPS) is 10.3. The summed E-state index contributed by atoms with van der Waals surface area (Å²) in [5.74, 6) is -1.82. The number of amidine groups is 1. The van der Waals surface area contributed by atoms with E-state index in [1.807, 2.05) is 30.3 Å². The molecule has 3 nitrogen and oxygen atoms in total. The van der Waals surface area contributed by atoms with Crippen LogP contribution in [0.5, 0.6) is 0 Å². The first-order valence-electron chi connectivity index (χ1n) is 6.07. The summed E-state index contributed by atoms with van der Waals surface area (Å²) in [6.45, 7) is 0.383. The Bertz CT molecular complexity index is 603. The van der Waals surface area contributed by atoms with Crippen molar-refractivity contribution in [2.24, 2.45) is 5.73 Å². The Balaban J connectivity index is 2.30. The molecule has 0 aliphatic rings. The van der Waals surface area contributed by atoms with Crippen LogP contribution in [-0.2, 0) is 6.54 Å². The quantitative estimate of drug-likeness (QED) is 0.666. The number of nitrogens with one attached hydrogen (secondary N) is 1. The van der Waals surface area contributed by atoms with Gasteiger partial charge in [0.25, 0.3) is 0 Å². The summed E-state index contributed by atoms with van der Waals surface area (Å²) in [5, 5.41) is 7.22. The van der Waals surface area contributed by atoms with E-state index in [0.717, 1.165) is 17.7 Å². The van der Waals surface area contributed by atoms with Crippen molar-refractivity contribution in [1.82, 2.24) is 0 Å². The second kappa shape index (κ2) is 5.69. The Morgan fingerprint density at radius 1 is 1.15 bits per heavy atom. The van der Waals surface area contributed by atoms with Gasteiger partial charge in [-0.3, -0.25) is 5.41 Å². The number of benzene rings is 2. The van der Waals surface area contributed by atoms with Crippen molar-refractivity contribution in [3.63, 3.8) is 0 Å². The molecule has 0 saturated heterocycles. The molecule has 0 spiro atoms. The van der Waals surface area contributed by atoms with E-state index in [0.29, 0.717) is 6.54 Å². The fourth-order valence-corrected chi connectivity index (χ4v) is 2.02. The van der Waals surface area contributed by atoms with Gasteiger partial charge in [0.05, 0.1) is 0 Å². The summed E-state index contributed by atoms with van der Waals surface area (Å²) >= 11 is 0. The molecule has 0 aliphatic carbocycles. The lowest BCUT2D eigenvalue weighted by Crippen LogP contribution is -2.20. The molecule has 0 fully saturated rings. The molecule has 0 saturated carbocycles. The molecule has 20 heavy (non-hydrogen) atoms. The Hall–Kier alpha value is -2.43. The lowest BCUT2D eigenvalue weighted by Gasteiger charge is -2.21. The van der Waals surface area contributed by atoms with E-state index >= 15 is 0 Å². The zero-order chi connectivity index (χ0) is 14.7. The van der Waals surface area contributed by atoms with Crippen molar-refractivity contribution in [2.45, 2.75) is 6.54 Å². The molecule has 5 heteroatoms. The standard InChI is InChI=1S/C15H15F2N3/c1-20(9-10-5-3-2-4-6-10)14-12(16)7-11(15(18)19)8-13(14)17/h2-8H,9H2,1H3,(H3,18,19). The van der Waals surface area contributed by atoms with Crippen LogP contribution in [0.3, 0.4) is 0 Å². The van der Waals surface area contributed by atoms with Crippen LogP contribution in [-0.4, -0.2) is 12.9 Å². The van der Waals surface area contributed by atoms with Gasteiger partial charge in [0.1, 0.15) is 23.2 Å². The first-order chi connectivity index (χ1) is 9.49. The third kappa shape index (κ3) is 2.93. The molecule has 3 N–H and O–H groups in total. The van der Waals surface area contributed by atoms with Gasteiger partial charge in [-0.15, -0.1) is 0 Å². The lowest BCUT2D eigenvalue weighted by molar-refractivity contribution is 0.576. The van der Waals surface area contributed by atoms with Gasteiger partial charge in [-0.05, 0) is 17.7 Å². The van der Waals surface area contributed by atoms with E-state index < -0.39 is 11.6 Å². The molecule has 0 amide bonds. The highest BCUT2D eigenvalue weighted by Crippen LogP contribution is 2.25. The fraction of sp³-hybridized carbons (Fsp3) is 0.133. The van der Waals surface area contributed by atoms with Gasteiger partial charge in [-0.2, -0.15) is 0 Å². The predicted molar refractivity (Wildman–Crippen MR) is 75.9 cm³/mol. The van der Waals surface area contributed by atoms with Crippen molar-refractivity contribution in [3.8, 4) is 0 Å². The number of hydrogen-bond acceptors (Lipinski definition) is 2. The van der Waals surface area contributed by atoms with Crippen LogP contribution in [0.25, 0.3) is 0 Å².